The quantitative estimate of drug-likeness (QED) is 0.469. The Balaban J connectivity index is 2.92. The summed E-state index contributed by atoms with van der Waals surface area (Å²) in [5, 5.41) is 19.5. The first-order chi connectivity index (χ1) is 10.5. The second-order valence-electron chi connectivity index (χ2n) is 4.36. The van der Waals surface area contributed by atoms with Gasteiger partial charge in [0.15, 0.2) is 0 Å². The molecule has 4 N–H and O–H groups in total. The Morgan fingerprint density at radius 1 is 1.35 bits per heavy atom. The molecule has 1 aromatic rings. The summed E-state index contributed by atoms with van der Waals surface area (Å²) in [6.45, 7) is 1.19. The first-order valence-electron chi connectivity index (χ1n) is 6.03. The fraction of sp³-hybridized carbons (Fsp3) is 0.333. The Hall–Kier alpha value is -2.04. The van der Waals surface area contributed by atoms with E-state index in [0.29, 0.717) is 0 Å². The minimum Gasteiger partial charge on any atom is -0.404 e. The second kappa shape index (κ2) is 7.49. The van der Waals surface area contributed by atoms with Crippen LogP contribution >= 0.6 is 11.6 Å². The van der Waals surface area contributed by atoms with Crippen LogP contribution in [-0.2, 0) is 4.79 Å². The van der Waals surface area contributed by atoms with Gasteiger partial charge in [-0.05, 0) is 25.1 Å². The monoisotopic (exact) mass is 356 g/mol. The lowest BCUT2D eigenvalue weighted by molar-refractivity contribution is -0.274. The number of rotatable bonds is 5. The van der Waals surface area contributed by atoms with Crippen LogP contribution in [0.25, 0.3) is 0 Å². The first-order valence-corrected chi connectivity index (χ1v) is 6.41. The maximum absolute atomic E-state index is 12.1. The normalized spacial score (nSPS) is 13.9. The van der Waals surface area contributed by atoms with Gasteiger partial charge < -0.3 is 15.2 Å². The Bertz CT molecular complexity index is 595. The molecule has 7 nitrogen and oxygen atoms in total. The molecule has 1 aromatic carbocycles. The zero-order chi connectivity index (χ0) is 17.8. The van der Waals surface area contributed by atoms with Crippen molar-refractivity contribution >= 4 is 23.4 Å². The van der Waals surface area contributed by atoms with E-state index in [1.54, 1.807) is 0 Å². The van der Waals surface area contributed by atoms with Gasteiger partial charge in [-0.15, -0.1) is 13.2 Å². The SMILES string of the molecule is C[C@H](O)[C@H](NC(=O)c1ccc(OC(F)(F)F)c(Cl)c1)C(=O)NO. The minimum atomic E-state index is -4.94. The number of hydrogen-bond acceptors (Lipinski definition) is 5. The fourth-order valence-corrected chi connectivity index (χ4v) is 1.77. The summed E-state index contributed by atoms with van der Waals surface area (Å²) in [5.74, 6) is -2.67. The number of hydrogen-bond donors (Lipinski definition) is 4. The zero-order valence-electron chi connectivity index (χ0n) is 11.5. The molecule has 0 aromatic heterocycles. The molecule has 0 saturated carbocycles. The van der Waals surface area contributed by atoms with E-state index in [2.05, 4.69) is 10.1 Å². The van der Waals surface area contributed by atoms with Gasteiger partial charge >= 0.3 is 6.36 Å². The number of aliphatic hydroxyl groups is 1. The molecule has 0 aliphatic heterocycles. The summed E-state index contributed by atoms with van der Waals surface area (Å²) in [5.41, 5.74) is 1.09. The molecule has 0 bridgehead atoms. The highest BCUT2D eigenvalue weighted by molar-refractivity contribution is 6.32. The molecule has 2 atom stereocenters. The number of carbonyl (C=O) groups is 2. The molecular weight excluding hydrogens is 345 g/mol. The number of carbonyl (C=O) groups excluding carboxylic acids is 2. The van der Waals surface area contributed by atoms with E-state index in [-0.39, 0.29) is 5.56 Å². The first kappa shape index (κ1) is 19.0. The topological polar surface area (TPSA) is 108 Å². The lowest BCUT2D eigenvalue weighted by Gasteiger charge is -2.19. The molecule has 0 fully saturated rings. The van der Waals surface area contributed by atoms with Crippen LogP contribution in [0.2, 0.25) is 5.02 Å². The van der Waals surface area contributed by atoms with Gasteiger partial charge in [0.25, 0.3) is 11.8 Å². The second-order valence-corrected chi connectivity index (χ2v) is 4.77. The summed E-state index contributed by atoms with van der Waals surface area (Å²) in [6.07, 6.45) is -6.28. The van der Waals surface area contributed by atoms with Crippen LogP contribution in [0.4, 0.5) is 13.2 Å². The average Bonchev–Trinajstić information content (AvgIpc) is 2.44. The van der Waals surface area contributed by atoms with Crippen LogP contribution < -0.4 is 15.5 Å². The summed E-state index contributed by atoms with van der Waals surface area (Å²) >= 11 is 5.59. The number of benzene rings is 1. The molecule has 0 unspecified atom stereocenters. The molecule has 128 valence electrons. The molecule has 11 heteroatoms. The van der Waals surface area contributed by atoms with E-state index in [1.165, 1.54) is 12.4 Å². The summed E-state index contributed by atoms with van der Waals surface area (Å²) < 4.78 is 40.0. The number of ether oxygens (including phenoxy) is 1. The van der Waals surface area contributed by atoms with Gasteiger partial charge in [0.05, 0.1) is 11.1 Å². The van der Waals surface area contributed by atoms with Gasteiger partial charge in [-0.1, -0.05) is 11.6 Å². The number of alkyl halides is 3. The highest BCUT2D eigenvalue weighted by Crippen LogP contribution is 2.30. The number of aliphatic hydroxyl groups excluding tert-OH is 1. The molecule has 0 saturated heterocycles. The van der Waals surface area contributed by atoms with E-state index >= 15 is 0 Å². The highest BCUT2D eigenvalue weighted by Gasteiger charge is 2.32. The molecule has 2 amide bonds. The van der Waals surface area contributed by atoms with Crippen molar-refractivity contribution in [3.63, 3.8) is 0 Å². The van der Waals surface area contributed by atoms with E-state index in [0.717, 1.165) is 18.2 Å². The van der Waals surface area contributed by atoms with Gasteiger partial charge in [0, 0.05) is 5.56 Å². The molecule has 0 spiro atoms. The molecule has 0 radical (unpaired) electrons. The van der Waals surface area contributed by atoms with E-state index in [9.17, 15) is 27.9 Å². The third-order valence-corrected chi connectivity index (χ3v) is 2.88. The van der Waals surface area contributed by atoms with Gasteiger partial charge in [-0.2, -0.15) is 0 Å². The van der Waals surface area contributed by atoms with Crippen molar-refractivity contribution in [2.45, 2.75) is 25.4 Å². The van der Waals surface area contributed by atoms with Crippen LogP contribution in [0, 0.1) is 0 Å². The Morgan fingerprint density at radius 2 is 1.96 bits per heavy atom. The average molecular weight is 357 g/mol. The number of amides is 2. The Kier molecular flexibility index (Phi) is 6.19. The van der Waals surface area contributed by atoms with Gasteiger partial charge in [0.1, 0.15) is 11.8 Å². The van der Waals surface area contributed by atoms with Crippen molar-refractivity contribution in [2.24, 2.45) is 0 Å². The van der Waals surface area contributed by atoms with Gasteiger partial charge in [0.2, 0.25) is 0 Å². The van der Waals surface area contributed by atoms with Crippen molar-refractivity contribution in [3.05, 3.63) is 28.8 Å². The molecule has 23 heavy (non-hydrogen) atoms. The maximum atomic E-state index is 12.1. The summed E-state index contributed by atoms with van der Waals surface area (Å²) in [7, 11) is 0. The third kappa shape index (κ3) is 5.58. The van der Waals surface area contributed by atoms with E-state index in [1.807, 2.05) is 0 Å². The van der Waals surface area contributed by atoms with Gasteiger partial charge in [-0.25, -0.2) is 5.48 Å². The van der Waals surface area contributed by atoms with Crippen molar-refractivity contribution in [1.82, 2.24) is 10.8 Å². The van der Waals surface area contributed by atoms with Crippen LogP contribution in [0.5, 0.6) is 5.75 Å². The number of nitrogens with one attached hydrogen (secondary N) is 2. The highest BCUT2D eigenvalue weighted by atomic mass is 35.5. The maximum Gasteiger partial charge on any atom is 0.573 e. The van der Waals surface area contributed by atoms with Gasteiger partial charge in [-0.3, -0.25) is 14.8 Å². The van der Waals surface area contributed by atoms with Crippen molar-refractivity contribution < 1.29 is 37.8 Å². The predicted octanol–water partition coefficient (Wildman–Crippen LogP) is 1.22. The zero-order valence-corrected chi connectivity index (χ0v) is 12.3. The number of hydroxylamine groups is 1. The van der Waals surface area contributed by atoms with Crippen LogP contribution in [0.3, 0.4) is 0 Å². The smallest absolute Gasteiger partial charge is 0.404 e. The summed E-state index contributed by atoms with van der Waals surface area (Å²) in [6, 6.07) is 1.23. The van der Waals surface area contributed by atoms with E-state index < -0.39 is 41.1 Å². The Morgan fingerprint density at radius 3 is 2.39 bits per heavy atom. The van der Waals surface area contributed by atoms with Crippen LogP contribution in [0.15, 0.2) is 18.2 Å². The molecule has 1 rings (SSSR count). The summed E-state index contributed by atoms with van der Waals surface area (Å²) in [4.78, 5) is 23.2. The third-order valence-electron chi connectivity index (χ3n) is 2.58. The fourth-order valence-electron chi connectivity index (χ4n) is 1.55. The molecule has 0 heterocycles. The number of halogens is 4. The lowest BCUT2D eigenvalue weighted by Crippen LogP contribution is -2.51. The van der Waals surface area contributed by atoms with Crippen molar-refractivity contribution in [2.75, 3.05) is 0 Å². The largest absolute Gasteiger partial charge is 0.573 e. The Labute approximate surface area is 132 Å². The molecular formula is C12H12ClF3N2O5. The molecule has 0 aliphatic carbocycles. The minimum absolute atomic E-state index is 0.180. The van der Waals surface area contributed by atoms with E-state index in [4.69, 9.17) is 16.8 Å². The molecule has 0 aliphatic rings. The van der Waals surface area contributed by atoms with Crippen molar-refractivity contribution in [1.29, 1.82) is 0 Å². The van der Waals surface area contributed by atoms with Crippen molar-refractivity contribution in [3.8, 4) is 5.75 Å². The standard InChI is InChI=1S/C12H12ClF3N2O5/c1-5(19)9(11(21)18-22)17-10(20)6-2-3-8(7(13)4-6)23-12(14,15)16/h2-5,9,19,22H,1H3,(H,17,20)(H,18,21)/t5-,9-/m0/s1. The predicted molar refractivity (Wildman–Crippen MR) is 71.0 cm³/mol. The lowest BCUT2D eigenvalue weighted by atomic mass is 10.1. The van der Waals surface area contributed by atoms with Crippen LogP contribution in [-0.4, -0.2) is 40.6 Å². The van der Waals surface area contributed by atoms with Crippen LogP contribution in [0.1, 0.15) is 17.3 Å².